The molecule has 15 nitrogen and oxygen atoms in total. The van der Waals surface area contributed by atoms with Gasteiger partial charge in [0.15, 0.2) is 18.9 Å². The van der Waals surface area contributed by atoms with E-state index in [9.17, 15) is 40.5 Å². The van der Waals surface area contributed by atoms with Gasteiger partial charge in [-0.1, -0.05) is 0 Å². The van der Waals surface area contributed by atoms with Gasteiger partial charge in [-0.05, 0) is 0 Å². The highest BCUT2D eigenvalue weighted by Gasteiger charge is 2.51. The average Bonchev–Trinajstić information content (AvgIpc) is 2.80. The lowest BCUT2D eigenvalue weighted by Crippen LogP contribution is -2.63. The molecule has 0 radical (unpaired) electrons. The second-order valence-corrected chi connectivity index (χ2v) is 7.89. The Labute approximate surface area is 187 Å². The number of aliphatic hydroxyl groups excluding tert-OH is 7. The number of carbonyl (C=O) groups excluding carboxylic acids is 1. The summed E-state index contributed by atoms with van der Waals surface area (Å²) in [6, 6.07) is 0. The SMILES string of the molecule is CO[C@@H]1OC[C@@H](O[C@@H]2OC[C@@H](O)C(O)C2O[C@H]2OC(OC=O)[C@@H](CO)[C@H](O)C2O)[C@@H](O)C1O. The minimum absolute atomic E-state index is 0.0199. The van der Waals surface area contributed by atoms with Gasteiger partial charge in [-0.3, -0.25) is 4.79 Å². The maximum Gasteiger partial charge on any atom is 0.295 e. The van der Waals surface area contributed by atoms with Crippen molar-refractivity contribution in [3.63, 3.8) is 0 Å². The first-order valence-corrected chi connectivity index (χ1v) is 10.2. The normalized spacial score (nSPS) is 48.9. The summed E-state index contributed by atoms with van der Waals surface area (Å²) in [5, 5.41) is 70.9. The zero-order chi connectivity index (χ0) is 24.3. The third-order valence-electron chi connectivity index (χ3n) is 5.78. The molecule has 0 aromatic rings. The monoisotopic (exact) mass is 486 g/mol. The largest absolute Gasteiger partial charge is 0.437 e. The van der Waals surface area contributed by atoms with Crippen molar-refractivity contribution in [1.29, 1.82) is 0 Å². The third-order valence-corrected chi connectivity index (χ3v) is 5.78. The number of methoxy groups -OCH3 is 1. The highest BCUT2D eigenvalue weighted by molar-refractivity contribution is 5.37. The number of rotatable bonds is 8. The van der Waals surface area contributed by atoms with Crippen LogP contribution in [0.3, 0.4) is 0 Å². The Hall–Kier alpha value is -1.05. The highest BCUT2D eigenvalue weighted by Crippen LogP contribution is 2.31. The van der Waals surface area contributed by atoms with Crippen molar-refractivity contribution in [3.8, 4) is 0 Å². The van der Waals surface area contributed by atoms with Gasteiger partial charge in [-0.15, -0.1) is 0 Å². The maximum atomic E-state index is 10.7. The molecule has 0 saturated carbocycles. The number of hydrogen-bond donors (Lipinski definition) is 7. The molecule has 0 bridgehead atoms. The van der Waals surface area contributed by atoms with Crippen LogP contribution in [0.2, 0.25) is 0 Å². The van der Waals surface area contributed by atoms with Gasteiger partial charge in [0.2, 0.25) is 6.29 Å². The Balaban J connectivity index is 1.73. The van der Waals surface area contributed by atoms with Gasteiger partial charge >= 0.3 is 0 Å². The standard InChI is InChI=1S/C18H30O15/c1-27-16-13(26)11(24)8(4-29-16)31-18-14(10(23)7(21)3-28-18)32-17-12(25)9(22)6(2-19)15(33-17)30-5-20/h5-19,21-26H,2-4H2,1H3/t6-,7+,8+,9-,10?,11+,12?,13?,14?,15?,16+,17-,18-/m0/s1. The molecule has 3 heterocycles. The van der Waals surface area contributed by atoms with Crippen LogP contribution in [-0.4, -0.2) is 143 Å². The lowest BCUT2D eigenvalue weighted by atomic mass is 9.94. The summed E-state index contributed by atoms with van der Waals surface area (Å²) >= 11 is 0. The first-order valence-electron chi connectivity index (χ1n) is 10.2. The van der Waals surface area contributed by atoms with Crippen LogP contribution in [0.4, 0.5) is 0 Å². The predicted octanol–water partition coefficient (Wildman–Crippen LogP) is -5.25. The van der Waals surface area contributed by atoms with Crippen LogP contribution in [0.25, 0.3) is 0 Å². The van der Waals surface area contributed by atoms with Crippen LogP contribution in [0.5, 0.6) is 0 Å². The van der Waals surface area contributed by atoms with Crippen LogP contribution in [0.15, 0.2) is 0 Å². The number of ether oxygens (including phenoxy) is 7. The van der Waals surface area contributed by atoms with Crippen molar-refractivity contribution in [1.82, 2.24) is 0 Å². The summed E-state index contributed by atoms with van der Waals surface area (Å²) in [6.45, 7) is -1.27. The van der Waals surface area contributed by atoms with E-state index in [4.69, 9.17) is 28.4 Å². The zero-order valence-corrected chi connectivity index (χ0v) is 17.6. The van der Waals surface area contributed by atoms with Gasteiger partial charge in [-0.2, -0.15) is 0 Å². The highest BCUT2D eigenvalue weighted by atomic mass is 16.8. The third kappa shape index (κ3) is 5.62. The Morgan fingerprint density at radius 1 is 0.818 bits per heavy atom. The van der Waals surface area contributed by atoms with Crippen LogP contribution in [0, 0.1) is 5.92 Å². The van der Waals surface area contributed by atoms with Gasteiger partial charge in [0.25, 0.3) is 6.47 Å². The number of hydrogen-bond acceptors (Lipinski definition) is 15. The summed E-state index contributed by atoms with van der Waals surface area (Å²) in [5.74, 6) is -1.18. The fourth-order valence-corrected chi connectivity index (χ4v) is 3.83. The molecule has 33 heavy (non-hydrogen) atoms. The van der Waals surface area contributed by atoms with Gasteiger partial charge < -0.3 is 68.9 Å². The molecule has 3 aliphatic heterocycles. The Morgan fingerprint density at radius 3 is 2.12 bits per heavy atom. The summed E-state index contributed by atoms with van der Waals surface area (Å²) in [4.78, 5) is 10.7. The number of carbonyl (C=O) groups is 1. The van der Waals surface area contributed by atoms with Crippen molar-refractivity contribution in [2.45, 2.75) is 74.0 Å². The van der Waals surface area contributed by atoms with Gasteiger partial charge in [0.1, 0.15) is 42.7 Å². The quantitative estimate of drug-likeness (QED) is 0.159. The molecule has 192 valence electrons. The summed E-state index contributed by atoms with van der Waals surface area (Å²) in [6.07, 6.45) is -17.8. The van der Waals surface area contributed by atoms with Crippen molar-refractivity contribution in [3.05, 3.63) is 0 Å². The van der Waals surface area contributed by atoms with Crippen LogP contribution < -0.4 is 0 Å². The van der Waals surface area contributed by atoms with E-state index in [1.165, 1.54) is 7.11 Å². The summed E-state index contributed by atoms with van der Waals surface area (Å²) in [5.41, 5.74) is 0. The minimum Gasteiger partial charge on any atom is -0.437 e. The van der Waals surface area contributed by atoms with Crippen LogP contribution in [-0.2, 0) is 38.0 Å². The van der Waals surface area contributed by atoms with Crippen LogP contribution >= 0.6 is 0 Å². The summed E-state index contributed by atoms with van der Waals surface area (Å²) in [7, 11) is 1.28. The molecule has 0 aromatic heterocycles. The second kappa shape index (κ2) is 11.6. The van der Waals surface area contributed by atoms with Crippen molar-refractivity contribution < 1.29 is 73.7 Å². The lowest BCUT2D eigenvalue weighted by Gasteiger charge is -2.46. The van der Waals surface area contributed by atoms with Gasteiger partial charge in [-0.25, -0.2) is 0 Å². The van der Waals surface area contributed by atoms with Crippen molar-refractivity contribution in [2.75, 3.05) is 26.9 Å². The fourth-order valence-electron chi connectivity index (χ4n) is 3.83. The molecule has 0 aromatic carbocycles. The fraction of sp³-hybridized carbons (Fsp3) is 0.944. The molecule has 0 spiro atoms. The molecule has 0 aliphatic carbocycles. The number of aliphatic hydroxyl groups is 7. The van der Waals surface area contributed by atoms with E-state index in [2.05, 4.69) is 4.74 Å². The van der Waals surface area contributed by atoms with Crippen molar-refractivity contribution in [2.24, 2.45) is 5.92 Å². The van der Waals surface area contributed by atoms with Crippen molar-refractivity contribution >= 4 is 6.47 Å². The second-order valence-electron chi connectivity index (χ2n) is 7.89. The van der Waals surface area contributed by atoms with E-state index < -0.39 is 86.5 Å². The van der Waals surface area contributed by atoms with Gasteiger partial charge in [0.05, 0.1) is 31.8 Å². The van der Waals surface area contributed by atoms with Gasteiger partial charge in [0, 0.05) is 7.11 Å². The Morgan fingerprint density at radius 2 is 1.48 bits per heavy atom. The molecule has 5 unspecified atom stereocenters. The van der Waals surface area contributed by atoms with E-state index in [0.717, 1.165) is 0 Å². The lowest BCUT2D eigenvalue weighted by molar-refractivity contribution is -0.382. The van der Waals surface area contributed by atoms with E-state index in [0.29, 0.717) is 0 Å². The molecule has 3 saturated heterocycles. The predicted molar refractivity (Wildman–Crippen MR) is 98.7 cm³/mol. The molecule has 3 fully saturated rings. The van der Waals surface area contributed by atoms with E-state index in [1.54, 1.807) is 0 Å². The topological polar surface area (TPSA) is 223 Å². The van der Waals surface area contributed by atoms with E-state index in [1.807, 2.05) is 0 Å². The smallest absolute Gasteiger partial charge is 0.295 e. The molecular formula is C18H30O15. The van der Waals surface area contributed by atoms with Crippen LogP contribution in [0.1, 0.15) is 0 Å². The Kier molecular flexibility index (Phi) is 9.32. The molecule has 3 aliphatic rings. The van der Waals surface area contributed by atoms with E-state index >= 15 is 0 Å². The molecule has 15 heteroatoms. The minimum atomic E-state index is -1.76. The molecule has 0 amide bonds. The molecule has 7 N–H and O–H groups in total. The molecule has 13 atom stereocenters. The Bertz CT molecular complexity index is 624. The maximum absolute atomic E-state index is 10.7. The first-order chi connectivity index (χ1) is 15.7. The summed E-state index contributed by atoms with van der Waals surface area (Å²) < 4.78 is 36.7. The average molecular weight is 486 g/mol. The zero-order valence-electron chi connectivity index (χ0n) is 17.6. The van der Waals surface area contributed by atoms with E-state index in [-0.39, 0.29) is 19.7 Å². The molecule has 3 rings (SSSR count). The first kappa shape index (κ1) is 26.6. The molecular weight excluding hydrogens is 456 g/mol.